The first-order valence-electron chi connectivity index (χ1n) is 3.55. The molecule has 0 spiro atoms. The molecule has 0 aliphatic heterocycles. The zero-order chi connectivity index (χ0) is 12.1. The highest BCUT2D eigenvalue weighted by Crippen LogP contribution is 1.66. The topological polar surface area (TPSA) is 127 Å². The summed E-state index contributed by atoms with van der Waals surface area (Å²) in [7, 11) is 0. The van der Waals surface area contributed by atoms with E-state index in [1.807, 2.05) is 0 Å². The van der Waals surface area contributed by atoms with Crippen molar-refractivity contribution in [1.82, 2.24) is 0 Å². The van der Waals surface area contributed by atoms with Gasteiger partial charge in [0.2, 0.25) is 0 Å². The summed E-state index contributed by atoms with van der Waals surface area (Å²) in [5.41, 5.74) is 4.54. The molecular formula is C7H15NO6. The molecule has 0 radical (unpaired) electrons. The lowest BCUT2D eigenvalue weighted by Crippen LogP contribution is -2.11. The van der Waals surface area contributed by atoms with Gasteiger partial charge in [0.05, 0.1) is 6.61 Å². The standard InChI is InChI=1S/C3H7NO2.2C2H4O2/c1-2-6-3(4)5;2*1-2(3)4/h2H2,1H3,(H2,4,5);2*1H3,(H,3,4). The van der Waals surface area contributed by atoms with Gasteiger partial charge in [-0.2, -0.15) is 0 Å². The lowest BCUT2D eigenvalue weighted by Gasteiger charge is -1.89. The normalized spacial score (nSPS) is 6.79. The molecule has 0 fully saturated rings. The maximum absolute atomic E-state index is 9.60. The van der Waals surface area contributed by atoms with Crippen molar-refractivity contribution in [3.05, 3.63) is 0 Å². The first-order chi connectivity index (χ1) is 6.23. The van der Waals surface area contributed by atoms with Gasteiger partial charge >= 0.3 is 6.09 Å². The van der Waals surface area contributed by atoms with Crippen LogP contribution in [-0.2, 0) is 14.3 Å². The van der Waals surface area contributed by atoms with Crippen molar-refractivity contribution >= 4 is 18.0 Å². The lowest BCUT2D eigenvalue weighted by molar-refractivity contribution is -0.135. The van der Waals surface area contributed by atoms with Crippen LogP contribution in [0.3, 0.4) is 0 Å². The predicted octanol–water partition coefficient (Wildman–Crippen LogP) is 0.283. The van der Waals surface area contributed by atoms with Crippen molar-refractivity contribution in [3.63, 3.8) is 0 Å². The molecule has 4 N–H and O–H groups in total. The summed E-state index contributed by atoms with van der Waals surface area (Å²) in [5.74, 6) is -1.67. The number of rotatable bonds is 1. The first-order valence-corrected chi connectivity index (χ1v) is 3.55. The molecule has 0 unspecified atom stereocenters. The van der Waals surface area contributed by atoms with Crippen LogP contribution in [-0.4, -0.2) is 34.9 Å². The fraction of sp³-hybridized carbons (Fsp3) is 0.571. The molecule has 1 amide bonds. The van der Waals surface area contributed by atoms with E-state index in [0.29, 0.717) is 6.61 Å². The van der Waals surface area contributed by atoms with Gasteiger partial charge in [0.25, 0.3) is 11.9 Å². The zero-order valence-corrected chi connectivity index (χ0v) is 8.31. The minimum atomic E-state index is -0.833. The van der Waals surface area contributed by atoms with Gasteiger partial charge in [-0.3, -0.25) is 9.59 Å². The highest BCUT2D eigenvalue weighted by molar-refractivity contribution is 5.64. The fourth-order valence-corrected chi connectivity index (χ4v) is 0.142. The van der Waals surface area contributed by atoms with Crippen LogP contribution < -0.4 is 5.73 Å². The van der Waals surface area contributed by atoms with Gasteiger partial charge < -0.3 is 20.7 Å². The second-order valence-corrected chi connectivity index (χ2v) is 1.79. The number of primary amides is 1. The molecule has 0 aromatic rings. The van der Waals surface area contributed by atoms with E-state index < -0.39 is 18.0 Å². The number of ether oxygens (including phenoxy) is 1. The molecule has 0 atom stereocenters. The number of carbonyl (C=O) groups is 3. The Bertz CT molecular complexity index is 159. The molecule has 84 valence electrons. The second kappa shape index (κ2) is 13.8. The molecule has 0 saturated heterocycles. The Balaban J connectivity index is -0.000000135. The van der Waals surface area contributed by atoms with Crippen LogP contribution in [0.1, 0.15) is 20.8 Å². The number of carbonyl (C=O) groups excluding carboxylic acids is 1. The van der Waals surface area contributed by atoms with Crippen LogP contribution in [0.15, 0.2) is 0 Å². The molecule has 7 heteroatoms. The maximum atomic E-state index is 9.60. The third-order valence-corrected chi connectivity index (χ3v) is 0.287. The second-order valence-electron chi connectivity index (χ2n) is 1.79. The summed E-state index contributed by atoms with van der Waals surface area (Å²) < 4.78 is 4.18. The summed E-state index contributed by atoms with van der Waals surface area (Å²) >= 11 is 0. The van der Waals surface area contributed by atoms with Gasteiger partial charge in [-0.25, -0.2) is 4.79 Å². The van der Waals surface area contributed by atoms with E-state index in [2.05, 4.69) is 10.5 Å². The number of aliphatic carboxylic acids is 2. The molecular weight excluding hydrogens is 194 g/mol. The van der Waals surface area contributed by atoms with Crippen LogP contribution in [0.2, 0.25) is 0 Å². The molecule has 0 bridgehead atoms. The van der Waals surface area contributed by atoms with Gasteiger partial charge in [0.1, 0.15) is 0 Å². The van der Waals surface area contributed by atoms with E-state index in [0.717, 1.165) is 13.8 Å². The molecule has 0 aromatic heterocycles. The molecule has 0 rings (SSSR count). The Kier molecular flexibility index (Phi) is 17.8. The number of hydrogen-bond acceptors (Lipinski definition) is 4. The van der Waals surface area contributed by atoms with Crippen molar-refractivity contribution < 1.29 is 29.3 Å². The van der Waals surface area contributed by atoms with E-state index in [1.165, 1.54) is 0 Å². The van der Waals surface area contributed by atoms with E-state index >= 15 is 0 Å². The van der Waals surface area contributed by atoms with E-state index in [4.69, 9.17) is 19.8 Å². The Morgan fingerprint density at radius 3 is 1.36 bits per heavy atom. The summed E-state index contributed by atoms with van der Waals surface area (Å²) in [4.78, 5) is 27.6. The van der Waals surface area contributed by atoms with Crippen molar-refractivity contribution in [1.29, 1.82) is 0 Å². The van der Waals surface area contributed by atoms with Crippen LogP contribution >= 0.6 is 0 Å². The van der Waals surface area contributed by atoms with Crippen molar-refractivity contribution in [2.45, 2.75) is 20.8 Å². The molecule has 0 aliphatic carbocycles. The van der Waals surface area contributed by atoms with Gasteiger partial charge in [-0.05, 0) is 6.92 Å². The third kappa shape index (κ3) is 592. The summed E-state index contributed by atoms with van der Waals surface area (Å²) in [6, 6.07) is 0. The lowest BCUT2D eigenvalue weighted by atomic mass is 10.9. The third-order valence-electron chi connectivity index (χ3n) is 0.287. The monoisotopic (exact) mass is 209 g/mol. The zero-order valence-electron chi connectivity index (χ0n) is 8.31. The average molecular weight is 209 g/mol. The quantitative estimate of drug-likeness (QED) is 0.569. The maximum Gasteiger partial charge on any atom is 0.404 e. The van der Waals surface area contributed by atoms with Crippen LogP contribution in [0.4, 0.5) is 4.79 Å². The Hall–Kier alpha value is -1.79. The van der Waals surface area contributed by atoms with Crippen LogP contribution in [0.5, 0.6) is 0 Å². The number of amides is 1. The smallest absolute Gasteiger partial charge is 0.404 e. The minimum absolute atomic E-state index is 0.356. The number of carboxylic acids is 2. The summed E-state index contributed by atoms with van der Waals surface area (Å²) in [6.07, 6.45) is -0.711. The van der Waals surface area contributed by atoms with Gasteiger partial charge in [-0.15, -0.1) is 0 Å². The number of nitrogens with two attached hydrogens (primary N) is 1. The van der Waals surface area contributed by atoms with Crippen LogP contribution in [0.25, 0.3) is 0 Å². The highest BCUT2D eigenvalue weighted by Gasteiger charge is 1.82. The van der Waals surface area contributed by atoms with Crippen molar-refractivity contribution in [2.24, 2.45) is 5.73 Å². The predicted molar refractivity (Wildman–Crippen MR) is 47.8 cm³/mol. The van der Waals surface area contributed by atoms with Crippen molar-refractivity contribution in [3.8, 4) is 0 Å². The molecule has 7 nitrogen and oxygen atoms in total. The molecule has 14 heavy (non-hydrogen) atoms. The largest absolute Gasteiger partial charge is 0.481 e. The van der Waals surface area contributed by atoms with Crippen LogP contribution in [0, 0.1) is 0 Å². The highest BCUT2D eigenvalue weighted by atomic mass is 16.5. The number of hydrogen-bond donors (Lipinski definition) is 3. The number of carboxylic acid groups (broad SMARTS) is 2. The Morgan fingerprint density at radius 1 is 1.14 bits per heavy atom. The van der Waals surface area contributed by atoms with E-state index in [9.17, 15) is 4.79 Å². The van der Waals surface area contributed by atoms with E-state index in [-0.39, 0.29) is 0 Å². The summed E-state index contributed by atoms with van der Waals surface area (Å²) in [5, 5.41) is 14.8. The van der Waals surface area contributed by atoms with Gasteiger partial charge in [-0.1, -0.05) is 0 Å². The molecule has 0 saturated carbocycles. The van der Waals surface area contributed by atoms with E-state index in [1.54, 1.807) is 6.92 Å². The average Bonchev–Trinajstić information content (AvgIpc) is 1.82. The molecule has 0 aliphatic rings. The Labute approximate surface area is 81.5 Å². The molecule has 0 aromatic carbocycles. The summed E-state index contributed by atoms with van der Waals surface area (Å²) in [6.45, 7) is 4.22. The van der Waals surface area contributed by atoms with Gasteiger partial charge in [0.15, 0.2) is 0 Å². The Morgan fingerprint density at radius 2 is 1.36 bits per heavy atom. The minimum Gasteiger partial charge on any atom is -0.481 e. The van der Waals surface area contributed by atoms with Crippen molar-refractivity contribution in [2.75, 3.05) is 6.61 Å². The van der Waals surface area contributed by atoms with Gasteiger partial charge in [0, 0.05) is 13.8 Å². The SMILES string of the molecule is CC(=O)O.CC(=O)O.CCOC(N)=O. The molecule has 0 heterocycles. The fourth-order valence-electron chi connectivity index (χ4n) is 0.142. The first kappa shape index (κ1) is 18.1.